The number of hydrogen-bond donors (Lipinski definition) is 2. The molecular weight excluding hydrogens is 546 g/mol. The van der Waals surface area contributed by atoms with Gasteiger partial charge in [0.15, 0.2) is 9.84 Å². The van der Waals surface area contributed by atoms with Gasteiger partial charge in [0.1, 0.15) is 27.8 Å². The summed E-state index contributed by atoms with van der Waals surface area (Å²) in [6.07, 6.45) is -3.11. The number of amides is 1. The predicted molar refractivity (Wildman–Crippen MR) is 158 cm³/mol. The number of alkyl carbamates (subject to hydrolysis) is 1. The minimum absolute atomic E-state index is 0.0470. The molecule has 0 radical (unpaired) electrons. The summed E-state index contributed by atoms with van der Waals surface area (Å²) in [5.74, 6) is -0.159. The van der Waals surface area contributed by atoms with Crippen LogP contribution in [0.15, 0.2) is 59.5 Å². The van der Waals surface area contributed by atoms with Crippen molar-refractivity contribution in [1.82, 2.24) is 5.32 Å². The lowest BCUT2D eigenvalue weighted by molar-refractivity contribution is -0.155. The number of carbonyl (C=O) groups is 2. The number of aliphatic hydroxyl groups is 1. The monoisotopic (exact) mass is 591 g/mol. The van der Waals surface area contributed by atoms with Crippen molar-refractivity contribution in [3.63, 3.8) is 0 Å². The molecule has 10 heteroatoms. The molecule has 2 aromatic rings. The second-order valence-electron chi connectivity index (χ2n) is 13.0. The molecule has 0 aliphatic rings. The van der Waals surface area contributed by atoms with Gasteiger partial charge < -0.3 is 24.6 Å². The van der Waals surface area contributed by atoms with Crippen molar-refractivity contribution in [3.05, 3.63) is 60.2 Å². The van der Waals surface area contributed by atoms with Crippen molar-refractivity contribution in [2.45, 2.75) is 114 Å². The molecule has 228 valence electrons. The lowest BCUT2D eigenvalue weighted by atomic mass is 9.97. The molecule has 41 heavy (non-hydrogen) atoms. The number of aliphatic hydroxyl groups excluding tert-OH is 1. The number of sulfone groups is 1. The summed E-state index contributed by atoms with van der Waals surface area (Å²) < 4.78 is 44.3. The Morgan fingerprint density at radius 2 is 1.34 bits per heavy atom. The van der Waals surface area contributed by atoms with E-state index >= 15 is 0 Å². The molecule has 2 rings (SSSR count). The number of nitrogens with one attached hydrogen (secondary N) is 1. The van der Waals surface area contributed by atoms with Gasteiger partial charge in [0.05, 0.1) is 23.5 Å². The third kappa shape index (κ3) is 11.7. The van der Waals surface area contributed by atoms with Crippen molar-refractivity contribution >= 4 is 21.9 Å². The fourth-order valence-electron chi connectivity index (χ4n) is 4.02. The van der Waals surface area contributed by atoms with Crippen LogP contribution in [0.25, 0.3) is 0 Å². The summed E-state index contributed by atoms with van der Waals surface area (Å²) in [6.45, 7) is 15.9. The largest absolute Gasteiger partial charge is 0.488 e. The smallest absolute Gasteiger partial charge is 0.407 e. The van der Waals surface area contributed by atoms with Crippen LogP contribution in [0.2, 0.25) is 0 Å². The van der Waals surface area contributed by atoms with Gasteiger partial charge in [-0.3, -0.25) is 4.79 Å². The van der Waals surface area contributed by atoms with Gasteiger partial charge in [-0.25, -0.2) is 13.2 Å². The first-order chi connectivity index (χ1) is 18.7. The number of rotatable bonds is 10. The van der Waals surface area contributed by atoms with Crippen LogP contribution in [-0.2, 0) is 30.5 Å². The van der Waals surface area contributed by atoms with E-state index in [1.807, 2.05) is 20.8 Å². The fraction of sp³-hybridized carbons (Fsp3) is 0.548. The number of hydrogen-bond acceptors (Lipinski definition) is 8. The lowest BCUT2D eigenvalue weighted by Gasteiger charge is -2.32. The summed E-state index contributed by atoms with van der Waals surface area (Å²) in [4.78, 5) is 25.6. The SMILES string of the molecule is CC(C)(C)OC(=O)CC(C(O)[C@H](Cc1ccc(OC(C)(C)C)cc1)NC(=O)OC(C)(C)C)S(=O)(=O)c1ccccc1. The van der Waals surface area contributed by atoms with E-state index in [4.69, 9.17) is 14.2 Å². The molecule has 0 heterocycles. The van der Waals surface area contributed by atoms with Gasteiger partial charge in [0.2, 0.25) is 0 Å². The van der Waals surface area contributed by atoms with Gasteiger partial charge in [-0.15, -0.1) is 0 Å². The van der Waals surface area contributed by atoms with E-state index in [1.54, 1.807) is 84.0 Å². The maximum atomic E-state index is 13.8. The number of ether oxygens (including phenoxy) is 3. The summed E-state index contributed by atoms with van der Waals surface area (Å²) in [7, 11) is -4.25. The first-order valence-corrected chi connectivity index (χ1v) is 15.2. The van der Waals surface area contributed by atoms with Gasteiger partial charge in [-0.2, -0.15) is 0 Å². The molecule has 0 saturated carbocycles. The highest BCUT2D eigenvalue weighted by Gasteiger charge is 2.41. The molecule has 2 N–H and O–H groups in total. The zero-order chi connectivity index (χ0) is 31.2. The standard InChI is InChI=1S/C31H45NO8S/c1-29(2,3)38-22-17-15-21(16-18-22)19-24(32-28(35)40-31(7,8)9)27(34)25(20-26(33)39-30(4,5)6)41(36,37)23-13-11-10-12-14-23/h10-18,24-25,27,34H,19-20H2,1-9H3,(H,32,35)/t24-,25?,27?/m0/s1. The Kier molecular flexibility index (Phi) is 11.0. The van der Waals surface area contributed by atoms with Crippen molar-refractivity contribution in [2.75, 3.05) is 0 Å². The summed E-state index contributed by atoms with van der Waals surface area (Å²) >= 11 is 0. The summed E-state index contributed by atoms with van der Waals surface area (Å²) in [5.41, 5.74) is -1.41. The van der Waals surface area contributed by atoms with E-state index < -0.39 is 62.5 Å². The third-order valence-electron chi connectivity index (χ3n) is 5.56. The van der Waals surface area contributed by atoms with Gasteiger partial charge in [-0.1, -0.05) is 30.3 Å². The highest BCUT2D eigenvalue weighted by Crippen LogP contribution is 2.26. The molecule has 0 saturated heterocycles. The molecule has 0 aromatic heterocycles. The van der Waals surface area contributed by atoms with Crippen LogP contribution in [0.1, 0.15) is 74.3 Å². The highest BCUT2D eigenvalue weighted by molar-refractivity contribution is 7.92. The van der Waals surface area contributed by atoms with Gasteiger partial charge in [-0.05, 0) is 98.6 Å². The molecule has 0 spiro atoms. The Morgan fingerprint density at radius 3 is 1.83 bits per heavy atom. The van der Waals surface area contributed by atoms with E-state index in [2.05, 4.69) is 5.32 Å². The Hall–Kier alpha value is -3.11. The van der Waals surface area contributed by atoms with Gasteiger partial charge in [0.25, 0.3) is 0 Å². The van der Waals surface area contributed by atoms with Crippen LogP contribution >= 0.6 is 0 Å². The van der Waals surface area contributed by atoms with Gasteiger partial charge >= 0.3 is 12.1 Å². The average molecular weight is 592 g/mol. The van der Waals surface area contributed by atoms with Crippen molar-refractivity contribution in [1.29, 1.82) is 0 Å². The second-order valence-corrected chi connectivity index (χ2v) is 15.2. The average Bonchev–Trinajstić information content (AvgIpc) is 2.80. The fourth-order valence-corrected chi connectivity index (χ4v) is 5.82. The Morgan fingerprint density at radius 1 is 0.805 bits per heavy atom. The van der Waals surface area contributed by atoms with Crippen molar-refractivity contribution in [2.24, 2.45) is 0 Å². The van der Waals surface area contributed by atoms with E-state index in [0.717, 1.165) is 0 Å². The van der Waals surface area contributed by atoms with E-state index in [0.29, 0.717) is 11.3 Å². The minimum Gasteiger partial charge on any atom is -0.488 e. The summed E-state index contributed by atoms with van der Waals surface area (Å²) in [5, 5.41) is 12.7. The maximum absolute atomic E-state index is 13.8. The van der Waals surface area contributed by atoms with Crippen LogP contribution in [0.5, 0.6) is 5.75 Å². The molecule has 0 aliphatic heterocycles. The van der Waals surface area contributed by atoms with Crippen molar-refractivity contribution in [3.8, 4) is 5.75 Å². The molecule has 1 amide bonds. The lowest BCUT2D eigenvalue weighted by Crippen LogP contribution is -2.53. The third-order valence-corrected chi connectivity index (χ3v) is 7.73. The number of carbonyl (C=O) groups excluding carboxylic acids is 2. The van der Waals surface area contributed by atoms with Crippen LogP contribution < -0.4 is 10.1 Å². The minimum atomic E-state index is -4.25. The quantitative estimate of drug-likeness (QED) is 0.359. The van der Waals surface area contributed by atoms with Crippen LogP contribution in [0.3, 0.4) is 0 Å². The topological polar surface area (TPSA) is 128 Å². The maximum Gasteiger partial charge on any atom is 0.407 e. The van der Waals surface area contributed by atoms with Crippen LogP contribution in [0, 0.1) is 0 Å². The van der Waals surface area contributed by atoms with Crippen molar-refractivity contribution < 1.29 is 37.3 Å². The Bertz CT molecular complexity index is 1250. The van der Waals surface area contributed by atoms with E-state index in [9.17, 15) is 23.1 Å². The normalized spacial score (nSPS) is 14.9. The molecule has 0 aliphatic carbocycles. The van der Waals surface area contributed by atoms with Crippen LogP contribution in [0.4, 0.5) is 4.79 Å². The Labute approximate surface area is 244 Å². The summed E-state index contributed by atoms with van der Waals surface area (Å²) in [6, 6.07) is 13.5. The molecule has 0 fully saturated rings. The second kappa shape index (κ2) is 13.2. The zero-order valence-corrected chi connectivity index (χ0v) is 26.4. The van der Waals surface area contributed by atoms with E-state index in [1.165, 1.54) is 12.1 Å². The van der Waals surface area contributed by atoms with E-state index in [-0.39, 0.29) is 11.3 Å². The molecular formula is C31H45NO8S. The number of benzene rings is 2. The van der Waals surface area contributed by atoms with Crippen LogP contribution in [-0.4, -0.2) is 59.8 Å². The molecule has 9 nitrogen and oxygen atoms in total. The molecule has 0 bridgehead atoms. The Balaban J connectivity index is 2.50. The highest BCUT2D eigenvalue weighted by atomic mass is 32.2. The zero-order valence-electron chi connectivity index (χ0n) is 25.6. The predicted octanol–water partition coefficient (Wildman–Crippen LogP) is 5.23. The molecule has 2 unspecified atom stereocenters. The first kappa shape index (κ1) is 34.1. The molecule has 2 aromatic carbocycles. The number of esters is 1. The molecule has 3 atom stereocenters. The first-order valence-electron chi connectivity index (χ1n) is 13.6. The van der Waals surface area contributed by atoms with Gasteiger partial charge in [0, 0.05) is 0 Å².